The standard InChI is InChI=1S/C21H24N2O4/c1-14-8-9-16(12-15(14)2)20(25)17-6-4-5-7-18(17)21(26)23-13-19(24)22-10-11-27-3/h4-9,12H,10-11,13H2,1-3H3,(H,22,24)(H,23,26). The zero-order valence-electron chi connectivity index (χ0n) is 15.8. The lowest BCUT2D eigenvalue weighted by Gasteiger charge is -2.11. The van der Waals surface area contributed by atoms with E-state index in [9.17, 15) is 14.4 Å². The minimum atomic E-state index is -0.468. The van der Waals surface area contributed by atoms with E-state index in [0.717, 1.165) is 11.1 Å². The minimum absolute atomic E-state index is 0.172. The summed E-state index contributed by atoms with van der Waals surface area (Å²) in [5.74, 6) is -1.02. The predicted molar refractivity (Wildman–Crippen MR) is 103 cm³/mol. The van der Waals surface area contributed by atoms with E-state index in [1.807, 2.05) is 26.0 Å². The van der Waals surface area contributed by atoms with Gasteiger partial charge in [-0.05, 0) is 37.1 Å². The smallest absolute Gasteiger partial charge is 0.252 e. The van der Waals surface area contributed by atoms with Crippen LogP contribution in [0, 0.1) is 13.8 Å². The Hall–Kier alpha value is -2.99. The van der Waals surface area contributed by atoms with Crippen molar-refractivity contribution in [2.45, 2.75) is 13.8 Å². The summed E-state index contributed by atoms with van der Waals surface area (Å²) in [5.41, 5.74) is 3.17. The number of nitrogens with one attached hydrogen (secondary N) is 2. The fourth-order valence-corrected chi connectivity index (χ4v) is 2.53. The highest BCUT2D eigenvalue weighted by atomic mass is 16.5. The SMILES string of the molecule is COCCNC(=O)CNC(=O)c1ccccc1C(=O)c1ccc(C)c(C)c1. The molecule has 2 aromatic carbocycles. The van der Waals surface area contributed by atoms with Crippen molar-refractivity contribution in [3.05, 3.63) is 70.3 Å². The fourth-order valence-electron chi connectivity index (χ4n) is 2.53. The van der Waals surface area contributed by atoms with E-state index in [-0.39, 0.29) is 23.8 Å². The number of methoxy groups -OCH3 is 1. The monoisotopic (exact) mass is 368 g/mol. The van der Waals surface area contributed by atoms with Crippen LogP contribution in [0.15, 0.2) is 42.5 Å². The Bertz CT molecular complexity index is 846. The predicted octanol–water partition coefficient (Wildman–Crippen LogP) is 2.03. The molecule has 0 atom stereocenters. The Morgan fingerprint density at radius 1 is 0.926 bits per heavy atom. The lowest BCUT2D eigenvalue weighted by molar-refractivity contribution is -0.120. The molecule has 0 aromatic heterocycles. The molecule has 0 heterocycles. The van der Waals surface area contributed by atoms with Crippen molar-refractivity contribution in [3.8, 4) is 0 Å². The van der Waals surface area contributed by atoms with Gasteiger partial charge in [0.2, 0.25) is 5.91 Å². The number of amides is 2. The van der Waals surface area contributed by atoms with Crippen molar-refractivity contribution in [1.29, 1.82) is 0 Å². The number of aryl methyl sites for hydroxylation is 2. The van der Waals surface area contributed by atoms with E-state index in [0.29, 0.717) is 24.3 Å². The molecule has 6 nitrogen and oxygen atoms in total. The third-order valence-corrected chi connectivity index (χ3v) is 4.22. The molecule has 0 saturated heterocycles. The van der Waals surface area contributed by atoms with Gasteiger partial charge in [-0.2, -0.15) is 0 Å². The van der Waals surface area contributed by atoms with E-state index >= 15 is 0 Å². The number of ether oxygens (including phenoxy) is 1. The lowest BCUT2D eigenvalue weighted by Crippen LogP contribution is -2.38. The van der Waals surface area contributed by atoms with E-state index in [1.54, 1.807) is 30.3 Å². The molecular formula is C21H24N2O4. The molecule has 0 aliphatic heterocycles. The van der Waals surface area contributed by atoms with Crippen LogP contribution in [0.3, 0.4) is 0 Å². The number of ketones is 1. The van der Waals surface area contributed by atoms with Gasteiger partial charge in [-0.3, -0.25) is 14.4 Å². The van der Waals surface area contributed by atoms with Gasteiger partial charge >= 0.3 is 0 Å². The topological polar surface area (TPSA) is 84.5 Å². The Kier molecular flexibility index (Phi) is 7.25. The van der Waals surface area contributed by atoms with Crippen molar-refractivity contribution in [3.63, 3.8) is 0 Å². The normalized spacial score (nSPS) is 10.3. The van der Waals surface area contributed by atoms with E-state index < -0.39 is 5.91 Å². The minimum Gasteiger partial charge on any atom is -0.383 e. The van der Waals surface area contributed by atoms with E-state index in [1.165, 1.54) is 7.11 Å². The van der Waals surface area contributed by atoms with Crippen LogP contribution in [0.2, 0.25) is 0 Å². The number of benzene rings is 2. The third-order valence-electron chi connectivity index (χ3n) is 4.22. The van der Waals surface area contributed by atoms with Crippen LogP contribution in [-0.4, -0.2) is 44.4 Å². The largest absolute Gasteiger partial charge is 0.383 e. The molecule has 0 spiro atoms. The molecule has 2 N–H and O–H groups in total. The summed E-state index contributed by atoms with van der Waals surface area (Å²) in [5, 5.41) is 5.17. The van der Waals surface area contributed by atoms with E-state index in [4.69, 9.17) is 4.74 Å². The first kappa shape index (κ1) is 20.3. The molecule has 6 heteroatoms. The molecular weight excluding hydrogens is 344 g/mol. The summed E-state index contributed by atoms with van der Waals surface area (Å²) in [6, 6.07) is 12.0. The first-order valence-electron chi connectivity index (χ1n) is 8.69. The first-order chi connectivity index (χ1) is 12.9. The quantitative estimate of drug-likeness (QED) is 0.552. The molecule has 0 radical (unpaired) electrons. The van der Waals surface area contributed by atoms with Crippen molar-refractivity contribution >= 4 is 17.6 Å². The average Bonchev–Trinajstić information content (AvgIpc) is 2.68. The van der Waals surface area contributed by atoms with Gasteiger partial charge in [-0.15, -0.1) is 0 Å². The second-order valence-electron chi connectivity index (χ2n) is 6.20. The molecule has 2 rings (SSSR count). The Morgan fingerprint density at radius 2 is 1.63 bits per heavy atom. The number of hydrogen-bond acceptors (Lipinski definition) is 4. The maximum Gasteiger partial charge on any atom is 0.252 e. The summed E-state index contributed by atoms with van der Waals surface area (Å²) in [4.78, 5) is 37.1. The summed E-state index contributed by atoms with van der Waals surface area (Å²) in [7, 11) is 1.54. The highest BCUT2D eigenvalue weighted by molar-refractivity contribution is 6.15. The number of carbonyl (C=O) groups is 3. The number of carbonyl (C=O) groups excluding carboxylic acids is 3. The maximum absolute atomic E-state index is 12.9. The molecule has 27 heavy (non-hydrogen) atoms. The zero-order valence-corrected chi connectivity index (χ0v) is 15.8. The molecule has 2 aromatic rings. The second kappa shape index (κ2) is 9.64. The zero-order chi connectivity index (χ0) is 19.8. The fraction of sp³-hybridized carbons (Fsp3) is 0.286. The van der Waals surface area contributed by atoms with Crippen molar-refractivity contribution in [1.82, 2.24) is 10.6 Å². The molecule has 0 aliphatic rings. The van der Waals surface area contributed by atoms with Crippen LogP contribution >= 0.6 is 0 Å². The first-order valence-corrected chi connectivity index (χ1v) is 8.69. The van der Waals surface area contributed by atoms with Gasteiger partial charge in [-0.1, -0.05) is 30.3 Å². The van der Waals surface area contributed by atoms with Crippen LogP contribution in [0.25, 0.3) is 0 Å². The molecule has 0 saturated carbocycles. The summed E-state index contributed by atoms with van der Waals surface area (Å²) >= 11 is 0. The average molecular weight is 368 g/mol. The summed E-state index contributed by atoms with van der Waals surface area (Å²) in [6.07, 6.45) is 0. The van der Waals surface area contributed by atoms with Gasteiger partial charge < -0.3 is 15.4 Å². The summed E-state index contributed by atoms with van der Waals surface area (Å²) < 4.78 is 4.85. The molecule has 142 valence electrons. The Labute approximate surface area is 158 Å². The van der Waals surface area contributed by atoms with Gasteiger partial charge in [0, 0.05) is 24.8 Å². The van der Waals surface area contributed by atoms with Gasteiger partial charge in [0.1, 0.15) is 0 Å². The van der Waals surface area contributed by atoms with Crippen molar-refractivity contribution in [2.24, 2.45) is 0 Å². The van der Waals surface area contributed by atoms with Crippen LogP contribution in [0.1, 0.15) is 37.4 Å². The molecule has 2 amide bonds. The summed E-state index contributed by atoms with van der Waals surface area (Å²) in [6.45, 7) is 4.50. The highest BCUT2D eigenvalue weighted by Gasteiger charge is 2.18. The van der Waals surface area contributed by atoms with Gasteiger partial charge in [-0.25, -0.2) is 0 Å². The third kappa shape index (κ3) is 5.49. The van der Waals surface area contributed by atoms with Gasteiger partial charge in [0.05, 0.1) is 18.7 Å². The van der Waals surface area contributed by atoms with Gasteiger partial charge in [0.15, 0.2) is 5.78 Å². The number of hydrogen-bond donors (Lipinski definition) is 2. The van der Waals surface area contributed by atoms with Crippen LogP contribution < -0.4 is 10.6 Å². The van der Waals surface area contributed by atoms with Crippen LogP contribution in [-0.2, 0) is 9.53 Å². The highest BCUT2D eigenvalue weighted by Crippen LogP contribution is 2.17. The lowest BCUT2D eigenvalue weighted by atomic mass is 9.95. The second-order valence-corrected chi connectivity index (χ2v) is 6.20. The Balaban J connectivity index is 2.12. The van der Waals surface area contributed by atoms with Crippen LogP contribution in [0.4, 0.5) is 0 Å². The van der Waals surface area contributed by atoms with E-state index in [2.05, 4.69) is 10.6 Å². The van der Waals surface area contributed by atoms with Crippen molar-refractivity contribution < 1.29 is 19.1 Å². The van der Waals surface area contributed by atoms with Crippen LogP contribution in [0.5, 0.6) is 0 Å². The Morgan fingerprint density at radius 3 is 2.30 bits per heavy atom. The van der Waals surface area contributed by atoms with Crippen molar-refractivity contribution in [2.75, 3.05) is 26.8 Å². The number of rotatable bonds is 8. The molecule has 0 bridgehead atoms. The molecule has 0 fully saturated rings. The molecule has 0 unspecified atom stereocenters. The van der Waals surface area contributed by atoms with Gasteiger partial charge in [0.25, 0.3) is 5.91 Å². The molecule has 0 aliphatic carbocycles. The maximum atomic E-state index is 12.9.